The van der Waals surface area contributed by atoms with Crippen LogP contribution in [-0.4, -0.2) is 0 Å². The van der Waals surface area contributed by atoms with E-state index in [9.17, 15) is 0 Å². The number of allylic oxidation sites excluding steroid dienone is 8. The molecule has 0 heterocycles. The Bertz CT molecular complexity index is 2630. The molecule has 8 aromatic rings. The van der Waals surface area contributed by atoms with Gasteiger partial charge in [0, 0.05) is 0 Å². The van der Waals surface area contributed by atoms with Crippen molar-refractivity contribution in [1.29, 1.82) is 0 Å². The minimum absolute atomic E-state index is 0.362. The first-order valence-corrected chi connectivity index (χ1v) is 21.9. The average Bonchev–Trinajstić information content (AvgIpc) is 3.86. The third-order valence-corrected chi connectivity index (χ3v) is 15.0. The van der Waals surface area contributed by atoms with Gasteiger partial charge in [0.1, 0.15) is 0 Å². The van der Waals surface area contributed by atoms with E-state index in [0.29, 0.717) is 0 Å². The summed E-state index contributed by atoms with van der Waals surface area (Å²) in [6.07, 6.45) is 5.32. The molecule has 10 rings (SSSR count). The minimum atomic E-state index is -0.528. The SMILES string of the molecule is C1=C(c2ccccc2)C(c2ccccc2)=C(c2ccccc2)[C]1([Rh][C]1(c2ccccc2)C=C(c2ccccc2)C(c2ccccc2)=C1c1ccccc1)c1ccccc1. The van der Waals surface area contributed by atoms with Crippen molar-refractivity contribution < 1.29 is 17.1 Å². The molecule has 8 aromatic carbocycles. The molecule has 0 aromatic heterocycles. The molecule has 1 heteroatoms. The average molecular weight is 842 g/mol. The number of benzene rings is 8. The van der Waals surface area contributed by atoms with Gasteiger partial charge < -0.3 is 0 Å². The Morgan fingerprint density at radius 2 is 0.475 bits per heavy atom. The van der Waals surface area contributed by atoms with E-state index in [1.54, 1.807) is 0 Å². The maximum atomic E-state index is 2.66. The van der Waals surface area contributed by atoms with Crippen LogP contribution in [0.15, 0.2) is 255 Å². The van der Waals surface area contributed by atoms with Gasteiger partial charge in [0.05, 0.1) is 0 Å². The quantitative estimate of drug-likeness (QED) is 0.120. The molecule has 2 atom stereocenters. The number of hydrogen-bond acceptors (Lipinski definition) is 0. The van der Waals surface area contributed by atoms with Crippen LogP contribution >= 0.6 is 0 Å². The number of rotatable bonds is 10. The zero-order valence-corrected chi connectivity index (χ0v) is 34.2. The predicted molar refractivity (Wildman–Crippen MR) is 244 cm³/mol. The molecule has 0 saturated heterocycles. The van der Waals surface area contributed by atoms with Gasteiger partial charge in [-0.15, -0.1) is 0 Å². The zero-order chi connectivity index (χ0) is 39.5. The van der Waals surface area contributed by atoms with Gasteiger partial charge in [-0.1, -0.05) is 0 Å². The van der Waals surface area contributed by atoms with Crippen LogP contribution in [0.3, 0.4) is 0 Å². The van der Waals surface area contributed by atoms with E-state index in [2.05, 4.69) is 255 Å². The molecule has 0 radical (unpaired) electrons. The maximum absolute atomic E-state index is 2.66. The van der Waals surface area contributed by atoms with Crippen molar-refractivity contribution in [2.75, 3.05) is 0 Å². The van der Waals surface area contributed by atoms with E-state index in [1.807, 2.05) is 0 Å². The van der Waals surface area contributed by atoms with Gasteiger partial charge in [-0.25, -0.2) is 0 Å². The van der Waals surface area contributed by atoms with E-state index in [4.69, 9.17) is 0 Å². The van der Waals surface area contributed by atoms with Crippen LogP contribution in [0.2, 0.25) is 0 Å². The van der Waals surface area contributed by atoms with Crippen LogP contribution < -0.4 is 0 Å². The van der Waals surface area contributed by atoms with Gasteiger partial charge in [-0.2, -0.15) is 0 Å². The van der Waals surface area contributed by atoms with Gasteiger partial charge in [0.2, 0.25) is 0 Å². The third-order valence-electron chi connectivity index (χ3n) is 11.5. The van der Waals surface area contributed by atoms with Crippen molar-refractivity contribution in [3.63, 3.8) is 0 Å². The van der Waals surface area contributed by atoms with Crippen molar-refractivity contribution in [2.24, 2.45) is 0 Å². The van der Waals surface area contributed by atoms with E-state index in [1.165, 1.54) is 77.9 Å². The zero-order valence-electron chi connectivity index (χ0n) is 32.6. The van der Waals surface area contributed by atoms with Crippen LogP contribution in [0, 0.1) is 0 Å². The molecule has 2 aliphatic carbocycles. The molecule has 0 fully saturated rings. The van der Waals surface area contributed by atoms with Gasteiger partial charge >= 0.3 is 358 Å². The summed E-state index contributed by atoms with van der Waals surface area (Å²) >= 11 is -0.362. The Hall–Kier alpha value is -6.66. The fourth-order valence-corrected chi connectivity index (χ4v) is 13.0. The summed E-state index contributed by atoms with van der Waals surface area (Å²) in [5.41, 5.74) is 17.8. The standard InChI is InChI=1S/2C29H21.Rh/c2*1-5-13-22(14-6-1)26-21-27(23-15-7-2-8-16-23)29(25-19-11-4-12-20-25)28(26)24-17-9-3-10-18-24;/h2*1-21H;. The van der Waals surface area contributed by atoms with Crippen LogP contribution in [-0.2, 0) is 25.1 Å². The van der Waals surface area contributed by atoms with Crippen LogP contribution in [0.4, 0.5) is 0 Å². The Morgan fingerprint density at radius 3 is 0.763 bits per heavy atom. The van der Waals surface area contributed by atoms with Crippen LogP contribution in [0.25, 0.3) is 33.4 Å². The molecule has 0 bridgehead atoms. The van der Waals surface area contributed by atoms with Gasteiger partial charge in [-0.05, 0) is 0 Å². The topological polar surface area (TPSA) is 0 Å². The second kappa shape index (κ2) is 15.9. The Morgan fingerprint density at radius 1 is 0.237 bits per heavy atom. The van der Waals surface area contributed by atoms with Crippen LogP contribution in [0.1, 0.15) is 44.5 Å². The summed E-state index contributed by atoms with van der Waals surface area (Å²) in [6.45, 7) is 0. The molecule has 59 heavy (non-hydrogen) atoms. The third kappa shape index (κ3) is 6.63. The van der Waals surface area contributed by atoms with Gasteiger partial charge in [0.15, 0.2) is 0 Å². The van der Waals surface area contributed by atoms with E-state index in [-0.39, 0.29) is 17.1 Å². The number of hydrogen-bond donors (Lipinski definition) is 0. The molecule has 0 nitrogen and oxygen atoms in total. The molecule has 2 unspecified atom stereocenters. The summed E-state index contributed by atoms with van der Waals surface area (Å²) in [5.74, 6) is 0. The first kappa shape index (κ1) is 36.7. The molecule has 0 N–H and O–H groups in total. The molecule has 0 amide bonds. The van der Waals surface area contributed by atoms with Crippen molar-refractivity contribution in [2.45, 2.75) is 8.02 Å². The van der Waals surface area contributed by atoms with E-state index in [0.717, 1.165) is 0 Å². The van der Waals surface area contributed by atoms with E-state index >= 15 is 0 Å². The molecular formula is C58H42Rh. The van der Waals surface area contributed by atoms with Crippen molar-refractivity contribution in [1.82, 2.24) is 0 Å². The van der Waals surface area contributed by atoms with Crippen LogP contribution in [0.5, 0.6) is 0 Å². The normalized spacial score (nSPS) is 18.8. The fourth-order valence-electron chi connectivity index (χ4n) is 8.94. The van der Waals surface area contributed by atoms with Crippen molar-refractivity contribution >= 4 is 33.4 Å². The molecule has 0 saturated carbocycles. The van der Waals surface area contributed by atoms with Crippen molar-refractivity contribution in [3.8, 4) is 0 Å². The summed E-state index contributed by atoms with van der Waals surface area (Å²) in [4.78, 5) is 0. The second-order valence-corrected chi connectivity index (χ2v) is 18.0. The van der Waals surface area contributed by atoms with Gasteiger partial charge in [-0.3, -0.25) is 0 Å². The molecule has 283 valence electrons. The fraction of sp³-hybridized carbons (Fsp3) is 0.0345. The molecular weight excluding hydrogens is 800 g/mol. The second-order valence-electron chi connectivity index (χ2n) is 15.0. The summed E-state index contributed by atoms with van der Waals surface area (Å²) in [5, 5.41) is 0. The first-order chi connectivity index (χ1) is 29.3. The Kier molecular flexibility index (Phi) is 9.91. The summed E-state index contributed by atoms with van der Waals surface area (Å²) in [7, 11) is 0. The van der Waals surface area contributed by atoms with E-state index < -0.39 is 8.02 Å². The summed E-state index contributed by atoms with van der Waals surface area (Å²) < 4.78 is -1.06. The Balaban J connectivity index is 1.39. The first-order valence-electron chi connectivity index (χ1n) is 20.3. The molecule has 0 spiro atoms. The molecule has 2 aliphatic rings. The Labute approximate surface area is 355 Å². The van der Waals surface area contributed by atoms with Crippen molar-refractivity contribution in [3.05, 3.63) is 299 Å². The molecule has 0 aliphatic heterocycles. The van der Waals surface area contributed by atoms with Gasteiger partial charge in [0.25, 0.3) is 0 Å². The monoisotopic (exact) mass is 841 g/mol. The summed E-state index contributed by atoms with van der Waals surface area (Å²) in [6, 6.07) is 89.4. The predicted octanol–water partition coefficient (Wildman–Crippen LogP) is 14.3.